The maximum atomic E-state index is 14.0. The molecular formula is C24H23FN2O3. The van der Waals surface area contributed by atoms with Gasteiger partial charge in [0.2, 0.25) is 0 Å². The summed E-state index contributed by atoms with van der Waals surface area (Å²) in [4.78, 5) is 26.7. The van der Waals surface area contributed by atoms with Gasteiger partial charge in [-0.05, 0) is 55.0 Å². The van der Waals surface area contributed by atoms with E-state index in [-0.39, 0.29) is 29.2 Å². The van der Waals surface area contributed by atoms with E-state index in [2.05, 4.69) is 5.32 Å². The van der Waals surface area contributed by atoms with Crippen molar-refractivity contribution < 1.29 is 18.7 Å². The van der Waals surface area contributed by atoms with Gasteiger partial charge in [-0.15, -0.1) is 0 Å². The Bertz CT molecular complexity index is 1050. The van der Waals surface area contributed by atoms with Gasteiger partial charge in [0.05, 0.1) is 13.2 Å². The summed E-state index contributed by atoms with van der Waals surface area (Å²) in [5, 5.41) is 2.87. The predicted octanol–water partition coefficient (Wildman–Crippen LogP) is 4.92. The Morgan fingerprint density at radius 2 is 1.70 bits per heavy atom. The first-order chi connectivity index (χ1) is 14.4. The summed E-state index contributed by atoms with van der Waals surface area (Å²) in [5.74, 6) is -1.03. The second-order valence-corrected chi connectivity index (χ2v) is 6.89. The minimum absolute atomic E-state index is 0.0871. The van der Waals surface area contributed by atoms with Gasteiger partial charge in [-0.1, -0.05) is 30.3 Å². The Labute approximate surface area is 175 Å². The number of ether oxygens (including phenoxy) is 1. The zero-order chi connectivity index (χ0) is 21.7. The molecule has 3 rings (SSSR count). The van der Waals surface area contributed by atoms with Crippen molar-refractivity contribution in [1.82, 2.24) is 4.90 Å². The van der Waals surface area contributed by atoms with Crippen LogP contribution in [0, 0.1) is 5.82 Å². The van der Waals surface area contributed by atoms with Gasteiger partial charge in [-0.3, -0.25) is 9.59 Å². The lowest BCUT2D eigenvalue weighted by molar-refractivity contribution is 0.0741. The summed E-state index contributed by atoms with van der Waals surface area (Å²) in [6.07, 6.45) is 0. The van der Waals surface area contributed by atoms with Crippen LogP contribution in [-0.4, -0.2) is 30.9 Å². The average Bonchev–Trinajstić information content (AvgIpc) is 2.78. The standard InChI is InChI=1S/C24H23FN2O3/c1-16(27(2)24(29)19-12-13-22(30-3)21(25)15-19)18-10-7-11-20(14-18)26-23(28)17-8-5-4-6-9-17/h4-16H,1-3H3,(H,26,28). The number of rotatable bonds is 6. The van der Waals surface area contributed by atoms with E-state index in [0.717, 1.165) is 5.56 Å². The van der Waals surface area contributed by atoms with Crippen molar-refractivity contribution in [2.75, 3.05) is 19.5 Å². The fraction of sp³-hybridized carbons (Fsp3) is 0.167. The van der Waals surface area contributed by atoms with Crippen LogP contribution in [0.5, 0.6) is 5.75 Å². The van der Waals surface area contributed by atoms with E-state index in [1.807, 2.05) is 31.2 Å². The van der Waals surface area contributed by atoms with Crippen LogP contribution in [0.2, 0.25) is 0 Å². The van der Waals surface area contributed by atoms with E-state index < -0.39 is 5.82 Å². The maximum absolute atomic E-state index is 14.0. The second kappa shape index (κ2) is 9.22. The first-order valence-electron chi connectivity index (χ1n) is 9.47. The molecule has 1 unspecified atom stereocenters. The number of nitrogens with one attached hydrogen (secondary N) is 1. The van der Waals surface area contributed by atoms with E-state index in [0.29, 0.717) is 11.3 Å². The molecular weight excluding hydrogens is 383 g/mol. The molecule has 3 aromatic carbocycles. The number of methoxy groups -OCH3 is 1. The molecule has 0 aromatic heterocycles. The highest BCUT2D eigenvalue weighted by molar-refractivity contribution is 6.04. The lowest BCUT2D eigenvalue weighted by Crippen LogP contribution is -2.29. The first-order valence-corrected chi connectivity index (χ1v) is 9.47. The summed E-state index contributed by atoms with van der Waals surface area (Å²) in [5.41, 5.74) is 2.26. The second-order valence-electron chi connectivity index (χ2n) is 6.89. The summed E-state index contributed by atoms with van der Waals surface area (Å²) in [7, 11) is 3.03. The minimum Gasteiger partial charge on any atom is -0.494 e. The monoisotopic (exact) mass is 406 g/mol. The van der Waals surface area contributed by atoms with E-state index in [1.165, 1.54) is 30.2 Å². The Balaban J connectivity index is 1.75. The van der Waals surface area contributed by atoms with Gasteiger partial charge in [0.1, 0.15) is 0 Å². The van der Waals surface area contributed by atoms with Crippen LogP contribution in [0.4, 0.5) is 10.1 Å². The lowest BCUT2D eigenvalue weighted by atomic mass is 10.0. The predicted molar refractivity (Wildman–Crippen MR) is 114 cm³/mol. The van der Waals surface area contributed by atoms with Crippen LogP contribution < -0.4 is 10.1 Å². The molecule has 0 heterocycles. The molecule has 0 aliphatic carbocycles. The third kappa shape index (κ3) is 4.66. The lowest BCUT2D eigenvalue weighted by Gasteiger charge is -2.26. The highest BCUT2D eigenvalue weighted by Crippen LogP contribution is 2.25. The third-order valence-electron chi connectivity index (χ3n) is 4.96. The van der Waals surface area contributed by atoms with Crippen LogP contribution in [0.3, 0.4) is 0 Å². The van der Waals surface area contributed by atoms with Gasteiger partial charge in [-0.25, -0.2) is 4.39 Å². The van der Waals surface area contributed by atoms with Crippen LogP contribution in [0.25, 0.3) is 0 Å². The maximum Gasteiger partial charge on any atom is 0.255 e. The molecule has 6 heteroatoms. The number of halogens is 1. The number of carbonyl (C=O) groups is 2. The first kappa shape index (κ1) is 21.0. The highest BCUT2D eigenvalue weighted by Gasteiger charge is 2.20. The van der Waals surface area contributed by atoms with E-state index in [9.17, 15) is 14.0 Å². The van der Waals surface area contributed by atoms with Crippen LogP contribution in [-0.2, 0) is 0 Å². The van der Waals surface area contributed by atoms with Crippen molar-refractivity contribution in [2.24, 2.45) is 0 Å². The van der Waals surface area contributed by atoms with E-state index >= 15 is 0 Å². The highest BCUT2D eigenvalue weighted by atomic mass is 19.1. The van der Waals surface area contributed by atoms with Crippen molar-refractivity contribution in [3.8, 4) is 5.75 Å². The molecule has 3 aromatic rings. The largest absolute Gasteiger partial charge is 0.494 e. The van der Waals surface area contributed by atoms with E-state index in [4.69, 9.17) is 4.74 Å². The molecule has 0 radical (unpaired) electrons. The Morgan fingerprint density at radius 1 is 0.967 bits per heavy atom. The van der Waals surface area contributed by atoms with Crippen molar-refractivity contribution >= 4 is 17.5 Å². The molecule has 0 aliphatic rings. The fourth-order valence-corrected chi connectivity index (χ4v) is 3.07. The minimum atomic E-state index is -0.588. The van der Waals surface area contributed by atoms with Gasteiger partial charge in [0.15, 0.2) is 11.6 Å². The van der Waals surface area contributed by atoms with Gasteiger partial charge in [0, 0.05) is 23.9 Å². The molecule has 5 nitrogen and oxygen atoms in total. The summed E-state index contributed by atoms with van der Waals surface area (Å²) < 4.78 is 18.9. The summed E-state index contributed by atoms with van der Waals surface area (Å²) >= 11 is 0. The zero-order valence-corrected chi connectivity index (χ0v) is 17.1. The molecule has 154 valence electrons. The molecule has 0 bridgehead atoms. The molecule has 2 amide bonds. The Kier molecular flexibility index (Phi) is 6.47. The number of hydrogen-bond donors (Lipinski definition) is 1. The number of hydrogen-bond acceptors (Lipinski definition) is 3. The van der Waals surface area contributed by atoms with Crippen molar-refractivity contribution in [3.05, 3.63) is 95.3 Å². The van der Waals surface area contributed by atoms with Crippen LogP contribution >= 0.6 is 0 Å². The Hall–Kier alpha value is -3.67. The summed E-state index contributed by atoms with van der Waals surface area (Å²) in [6.45, 7) is 1.87. The molecule has 0 aliphatic heterocycles. The van der Waals surface area contributed by atoms with Crippen molar-refractivity contribution in [2.45, 2.75) is 13.0 Å². The quantitative estimate of drug-likeness (QED) is 0.632. The number of nitrogens with zero attached hydrogens (tertiary/aromatic N) is 1. The molecule has 0 fully saturated rings. The van der Waals surface area contributed by atoms with Gasteiger partial charge < -0.3 is 15.0 Å². The Morgan fingerprint density at radius 3 is 2.37 bits per heavy atom. The third-order valence-corrected chi connectivity index (χ3v) is 4.96. The molecule has 30 heavy (non-hydrogen) atoms. The van der Waals surface area contributed by atoms with Crippen molar-refractivity contribution in [3.63, 3.8) is 0 Å². The molecule has 0 spiro atoms. The van der Waals surface area contributed by atoms with Crippen molar-refractivity contribution in [1.29, 1.82) is 0 Å². The van der Waals surface area contributed by atoms with Crippen LogP contribution in [0.15, 0.2) is 72.8 Å². The normalized spacial score (nSPS) is 11.5. The number of benzene rings is 3. The van der Waals surface area contributed by atoms with Gasteiger partial charge in [-0.2, -0.15) is 0 Å². The SMILES string of the molecule is COc1ccc(C(=O)N(C)C(C)c2cccc(NC(=O)c3ccccc3)c2)cc1F. The fourth-order valence-electron chi connectivity index (χ4n) is 3.07. The summed E-state index contributed by atoms with van der Waals surface area (Å²) in [6, 6.07) is 20.1. The van der Waals surface area contributed by atoms with Crippen LogP contribution in [0.1, 0.15) is 39.2 Å². The molecule has 0 saturated heterocycles. The molecule has 0 saturated carbocycles. The number of amides is 2. The van der Waals surface area contributed by atoms with Gasteiger partial charge in [0.25, 0.3) is 11.8 Å². The molecule has 1 N–H and O–H groups in total. The van der Waals surface area contributed by atoms with E-state index in [1.54, 1.807) is 37.4 Å². The zero-order valence-electron chi connectivity index (χ0n) is 17.1. The molecule has 1 atom stereocenters. The average molecular weight is 406 g/mol. The number of anilines is 1. The smallest absolute Gasteiger partial charge is 0.255 e. The topological polar surface area (TPSA) is 58.6 Å². The number of carbonyl (C=O) groups excluding carboxylic acids is 2. The van der Waals surface area contributed by atoms with Gasteiger partial charge >= 0.3 is 0 Å².